The second-order valence-electron chi connectivity index (χ2n) is 5.67. The first kappa shape index (κ1) is 11.7. The number of fused-ring (bicyclic) bond motifs is 3. The van der Waals surface area contributed by atoms with E-state index in [2.05, 4.69) is 11.2 Å². The van der Waals surface area contributed by atoms with Crippen molar-refractivity contribution in [3.63, 3.8) is 0 Å². The Labute approximate surface area is 117 Å². The molecule has 0 spiro atoms. The van der Waals surface area contributed by atoms with Crippen molar-refractivity contribution in [2.24, 2.45) is 13.0 Å². The molecule has 1 aliphatic rings. The molecular weight excluding hydrogens is 250 g/mol. The number of hydrogen-bond donors (Lipinski definition) is 0. The summed E-state index contributed by atoms with van der Waals surface area (Å²) in [6.07, 6.45) is 6.19. The number of para-hydroxylation sites is 1. The molecule has 3 aromatic rings. The predicted molar refractivity (Wildman–Crippen MR) is 78.8 cm³/mol. The highest BCUT2D eigenvalue weighted by molar-refractivity contribution is 6.12. The van der Waals surface area contributed by atoms with E-state index in [9.17, 15) is 4.79 Å². The summed E-state index contributed by atoms with van der Waals surface area (Å²) in [5.74, 6) is 0.413. The number of aromatic nitrogens is 3. The van der Waals surface area contributed by atoms with Gasteiger partial charge in [-0.25, -0.2) is 0 Å². The lowest BCUT2D eigenvalue weighted by molar-refractivity contribution is 0.0848. The summed E-state index contributed by atoms with van der Waals surface area (Å²) in [7, 11) is 1.93. The Morgan fingerprint density at radius 3 is 2.75 bits per heavy atom. The third-order valence-electron chi connectivity index (χ3n) is 4.49. The van der Waals surface area contributed by atoms with E-state index in [1.54, 1.807) is 0 Å². The highest BCUT2D eigenvalue weighted by atomic mass is 16.2. The average Bonchev–Trinajstić information content (AvgIpc) is 3.15. The second kappa shape index (κ2) is 4.20. The molecule has 2 aromatic heterocycles. The molecule has 102 valence electrons. The van der Waals surface area contributed by atoms with E-state index in [0.29, 0.717) is 0 Å². The van der Waals surface area contributed by atoms with E-state index < -0.39 is 0 Å². The summed E-state index contributed by atoms with van der Waals surface area (Å²) < 4.78 is 3.74. The van der Waals surface area contributed by atoms with Crippen LogP contribution in [0.5, 0.6) is 0 Å². The van der Waals surface area contributed by atoms with E-state index in [0.717, 1.165) is 34.8 Å². The standard InChI is InChI=1S/C16H17N3O/c1-18-15-12-8-4-5-9-13(12)19(14(15)10-17-18)16(20)11-6-2-3-7-11/h4-5,8-11H,2-3,6-7H2,1H3. The fourth-order valence-electron chi connectivity index (χ4n) is 3.49. The molecule has 1 aromatic carbocycles. The molecule has 0 atom stereocenters. The number of hydrogen-bond acceptors (Lipinski definition) is 2. The van der Waals surface area contributed by atoms with E-state index in [-0.39, 0.29) is 11.8 Å². The van der Waals surface area contributed by atoms with Gasteiger partial charge < -0.3 is 0 Å². The Kier molecular flexibility index (Phi) is 2.46. The largest absolute Gasteiger partial charge is 0.276 e. The number of aryl methyl sites for hydroxylation is 1. The Morgan fingerprint density at radius 1 is 1.20 bits per heavy atom. The first-order chi connectivity index (χ1) is 9.77. The number of benzene rings is 1. The van der Waals surface area contributed by atoms with Gasteiger partial charge in [0.15, 0.2) is 0 Å². The van der Waals surface area contributed by atoms with Crippen LogP contribution in [0, 0.1) is 5.92 Å². The second-order valence-corrected chi connectivity index (χ2v) is 5.67. The van der Waals surface area contributed by atoms with Crippen LogP contribution in [0.4, 0.5) is 0 Å². The van der Waals surface area contributed by atoms with Gasteiger partial charge in [0.1, 0.15) is 0 Å². The lowest BCUT2D eigenvalue weighted by Crippen LogP contribution is -2.18. The maximum Gasteiger partial charge on any atom is 0.234 e. The van der Waals surface area contributed by atoms with Gasteiger partial charge in [-0.05, 0) is 18.9 Å². The molecule has 0 saturated heterocycles. The number of nitrogens with zero attached hydrogens (tertiary/aromatic N) is 3. The van der Waals surface area contributed by atoms with Crippen LogP contribution in [0.3, 0.4) is 0 Å². The molecule has 4 rings (SSSR count). The summed E-state index contributed by atoms with van der Waals surface area (Å²) in [5, 5.41) is 5.42. The molecule has 0 radical (unpaired) electrons. The van der Waals surface area contributed by atoms with Gasteiger partial charge in [-0.15, -0.1) is 0 Å². The summed E-state index contributed by atoms with van der Waals surface area (Å²) in [4.78, 5) is 12.9. The molecule has 1 saturated carbocycles. The highest BCUT2D eigenvalue weighted by Crippen LogP contribution is 2.32. The number of rotatable bonds is 1. The zero-order valence-electron chi connectivity index (χ0n) is 11.5. The third kappa shape index (κ3) is 1.48. The Morgan fingerprint density at radius 2 is 1.95 bits per heavy atom. The van der Waals surface area contributed by atoms with Crippen LogP contribution in [0.15, 0.2) is 30.5 Å². The molecule has 20 heavy (non-hydrogen) atoms. The van der Waals surface area contributed by atoms with Gasteiger partial charge in [-0.3, -0.25) is 14.0 Å². The smallest absolute Gasteiger partial charge is 0.234 e. The Hall–Kier alpha value is -2.10. The topological polar surface area (TPSA) is 39.8 Å². The van der Waals surface area contributed by atoms with Gasteiger partial charge >= 0.3 is 0 Å². The van der Waals surface area contributed by atoms with Gasteiger partial charge in [0, 0.05) is 18.4 Å². The highest BCUT2D eigenvalue weighted by Gasteiger charge is 2.27. The summed E-state index contributed by atoms with van der Waals surface area (Å²) in [6.45, 7) is 0. The van der Waals surface area contributed by atoms with Gasteiger partial charge in [-0.1, -0.05) is 31.0 Å². The zero-order valence-corrected chi connectivity index (χ0v) is 11.5. The summed E-state index contributed by atoms with van der Waals surface area (Å²) in [5.41, 5.74) is 2.99. The van der Waals surface area contributed by atoms with Crippen molar-refractivity contribution in [1.29, 1.82) is 0 Å². The fraction of sp³-hybridized carbons (Fsp3) is 0.375. The molecule has 0 aliphatic heterocycles. The Bertz CT molecular complexity index is 806. The average molecular weight is 267 g/mol. The lowest BCUT2D eigenvalue weighted by Gasteiger charge is -2.10. The third-order valence-corrected chi connectivity index (χ3v) is 4.49. The van der Waals surface area contributed by atoms with E-state index in [1.807, 2.05) is 40.7 Å². The molecule has 2 heterocycles. The first-order valence-electron chi connectivity index (χ1n) is 7.23. The van der Waals surface area contributed by atoms with Gasteiger partial charge in [0.05, 0.1) is 22.7 Å². The van der Waals surface area contributed by atoms with Crippen molar-refractivity contribution in [2.75, 3.05) is 0 Å². The van der Waals surface area contributed by atoms with Crippen molar-refractivity contribution >= 4 is 27.8 Å². The molecular formula is C16H17N3O. The quantitative estimate of drug-likeness (QED) is 0.678. The molecule has 0 amide bonds. The van der Waals surface area contributed by atoms with E-state index in [1.165, 1.54) is 12.8 Å². The fourth-order valence-corrected chi connectivity index (χ4v) is 3.49. The van der Waals surface area contributed by atoms with Crippen LogP contribution in [0.2, 0.25) is 0 Å². The summed E-state index contributed by atoms with van der Waals surface area (Å²) >= 11 is 0. The minimum atomic E-state index is 0.175. The van der Waals surface area contributed by atoms with Crippen molar-refractivity contribution in [2.45, 2.75) is 25.7 Å². The van der Waals surface area contributed by atoms with Gasteiger partial charge in [0.25, 0.3) is 0 Å². The molecule has 1 aliphatic carbocycles. The zero-order chi connectivity index (χ0) is 13.7. The van der Waals surface area contributed by atoms with Crippen LogP contribution < -0.4 is 0 Å². The van der Waals surface area contributed by atoms with Crippen molar-refractivity contribution in [1.82, 2.24) is 14.3 Å². The SMILES string of the molecule is Cn1ncc2c1c1ccccc1n2C(=O)C1CCCC1. The van der Waals surface area contributed by atoms with Crippen LogP contribution >= 0.6 is 0 Å². The van der Waals surface area contributed by atoms with E-state index >= 15 is 0 Å². The molecule has 1 fully saturated rings. The lowest BCUT2D eigenvalue weighted by atomic mass is 10.1. The van der Waals surface area contributed by atoms with Gasteiger partial charge in [-0.2, -0.15) is 5.10 Å². The first-order valence-corrected chi connectivity index (χ1v) is 7.23. The monoisotopic (exact) mass is 267 g/mol. The minimum absolute atomic E-state index is 0.175. The minimum Gasteiger partial charge on any atom is -0.276 e. The maximum atomic E-state index is 12.9. The molecule has 0 N–H and O–H groups in total. The normalized spacial score (nSPS) is 16.4. The molecule has 0 bridgehead atoms. The predicted octanol–water partition coefficient (Wildman–Crippen LogP) is 3.36. The molecule has 0 unspecified atom stereocenters. The van der Waals surface area contributed by atoms with Crippen molar-refractivity contribution in [3.05, 3.63) is 30.5 Å². The van der Waals surface area contributed by atoms with Gasteiger partial charge in [0.2, 0.25) is 5.91 Å². The number of carbonyl (C=O) groups is 1. The van der Waals surface area contributed by atoms with Crippen LogP contribution in [0.1, 0.15) is 30.5 Å². The van der Waals surface area contributed by atoms with E-state index in [4.69, 9.17) is 0 Å². The maximum absolute atomic E-state index is 12.9. The number of carbonyl (C=O) groups excluding carboxylic acids is 1. The van der Waals surface area contributed by atoms with Crippen molar-refractivity contribution in [3.8, 4) is 0 Å². The van der Waals surface area contributed by atoms with Crippen LogP contribution in [0.25, 0.3) is 21.9 Å². The molecule has 4 nitrogen and oxygen atoms in total. The summed E-state index contributed by atoms with van der Waals surface area (Å²) in [6, 6.07) is 8.10. The van der Waals surface area contributed by atoms with Crippen molar-refractivity contribution < 1.29 is 4.79 Å². The molecule has 4 heteroatoms. The Balaban J connectivity index is 2.02. The van der Waals surface area contributed by atoms with Crippen LogP contribution in [-0.2, 0) is 7.05 Å². The van der Waals surface area contributed by atoms with Crippen LogP contribution in [-0.4, -0.2) is 20.3 Å².